The van der Waals surface area contributed by atoms with Crippen molar-refractivity contribution >= 4 is 22.6 Å². The molecule has 0 atom stereocenters. The molecule has 2 heterocycles. The van der Waals surface area contributed by atoms with Crippen LogP contribution in [-0.4, -0.2) is 52.6 Å². The van der Waals surface area contributed by atoms with Crippen molar-refractivity contribution in [3.05, 3.63) is 64.6 Å². The number of nitrogens with zero attached hydrogens (tertiary/aromatic N) is 5. The molecule has 8 nitrogen and oxygen atoms in total. The molecule has 2 aromatic carbocycles. The van der Waals surface area contributed by atoms with Gasteiger partial charge in [-0.2, -0.15) is 0 Å². The van der Waals surface area contributed by atoms with Gasteiger partial charge in [0.1, 0.15) is 5.69 Å². The van der Waals surface area contributed by atoms with Crippen LogP contribution in [0.1, 0.15) is 29.2 Å². The zero-order valence-electron chi connectivity index (χ0n) is 16.6. The minimum absolute atomic E-state index is 0.0528. The van der Waals surface area contributed by atoms with Gasteiger partial charge in [-0.25, -0.2) is 4.79 Å². The third-order valence-corrected chi connectivity index (χ3v) is 5.21. The fourth-order valence-corrected chi connectivity index (χ4v) is 3.81. The summed E-state index contributed by atoms with van der Waals surface area (Å²) in [7, 11) is 3.57. The summed E-state index contributed by atoms with van der Waals surface area (Å²) in [6.07, 6.45) is 1.46. The van der Waals surface area contributed by atoms with Crippen LogP contribution in [0.3, 0.4) is 0 Å². The summed E-state index contributed by atoms with van der Waals surface area (Å²) >= 11 is 0. The largest absolute Gasteiger partial charge is 0.338 e. The van der Waals surface area contributed by atoms with E-state index in [9.17, 15) is 9.59 Å². The molecule has 1 saturated heterocycles. The molecule has 1 fully saturated rings. The number of aromatic nitrogens is 2. The SMILES string of the molecule is CN(C)N=Nc1ccccc1C(=O)N1CCC(n2c(=O)[nH]c3ccccc32)CC1. The topological polar surface area (TPSA) is 86.1 Å². The van der Waals surface area contributed by atoms with E-state index in [1.54, 1.807) is 31.2 Å². The van der Waals surface area contributed by atoms with E-state index in [1.165, 1.54) is 0 Å². The molecule has 1 aliphatic heterocycles. The van der Waals surface area contributed by atoms with Crippen molar-refractivity contribution in [1.82, 2.24) is 19.5 Å². The molecule has 150 valence electrons. The highest BCUT2D eigenvalue weighted by atomic mass is 16.2. The maximum Gasteiger partial charge on any atom is 0.326 e. The molecule has 1 N–H and O–H groups in total. The molecule has 0 saturated carbocycles. The molecule has 1 amide bonds. The normalized spacial score (nSPS) is 15.3. The number of imidazole rings is 1. The lowest BCUT2D eigenvalue weighted by Crippen LogP contribution is -2.40. The number of amides is 1. The molecule has 4 rings (SSSR count). The number of benzene rings is 2. The maximum atomic E-state index is 13.1. The van der Waals surface area contributed by atoms with Gasteiger partial charge in [-0.05, 0) is 37.1 Å². The van der Waals surface area contributed by atoms with Gasteiger partial charge in [0.2, 0.25) is 0 Å². The molecule has 1 aromatic heterocycles. The molecule has 3 aromatic rings. The predicted octanol–water partition coefficient (Wildman–Crippen LogP) is 3.37. The van der Waals surface area contributed by atoms with Gasteiger partial charge in [0.25, 0.3) is 5.91 Å². The Bertz CT molecular complexity index is 1110. The van der Waals surface area contributed by atoms with Crippen LogP contribution in [0.4, 0.5) is 5.69 Å². The van der Waals surface area contributed by atoms with Crippen molar-refractivity contribution in [2.24, 2.45) is 10.3 Å². The third-order valence-electron chi connectivity index (χ3n) is 5.21. The first-order valence-electron chi connectivity index (χ1n) is 9.71. The Kier molecular flexibility index (Phi) is 5.16. The Balaban J connectivity index is 1.51. The number of para-hydroxylation sites is 2. The number of fused-ring (bicyclic) bond motifs is 1. The number of H-pyrrole nitrogens is 1. The van der Waals surface area contributed by atoms with Gasteiger partial charge in [-0.3, -0.25) is 14.4 Å². The molecule has 0 radical (unpaired) electrons. The van der Waals surface area contributed by atoms with E-state index in [2.05, 4.69) is 15.3 Å². The van der Waals surface area contributed by atoms with E-state index in [4.69, 9.17) is 0 Å². The monoisotopic (exact) mass is 392 g/mol. The van der Waals surface area contributed by atoms with Crippen LogP contribution in [0.25, 0.3) is 11.0 Å². The van der Waals surface area contributed by atoms with E-state index in [0.717, 1.165) is 23.9 Å². The van der Waals surface area contributed by atoms with Gasteiger partial charge >= 0.3 is 5.69 Å². The van der Waals surface area contributed by atoms with Crippen molar-refractivity contribution in [2.75, 3.05) is 27.2 Å². The van der Waals surface area contributed by atoms with Gasteiger partial charge in [-0.1, -0.05) is 29.5 Å². The summed E-state index contributed by atoms with van der Waals surface area (Å²) in [4.78, 5) is 30.3. The second-order valence-electron chi connectivity index (χ2n) is 7.39. The van der Waals surface area contributed by atoms with E-state index >= 15 is 0 Å². The predicted molar refractivity (Wildman–Crippen MR) is 111 cm³/mol. The van der Waals surface area contributed by atoms with Crippen molar-refractivity contribution in [2.45, 2.75) is 18.9 Å². The number of hydrogen-bond donors (Lipinski definition) is 1. The number of aromatic amines is 1. The summed E-state index contributed by atoms with van der Waals surface area (Å²) < 4.78 is 1.83. The Labute approximate surface area is 168 Å². The number of nitrogens with one attached hydrogen (secondary N) is 1. The number of rotatable bonds is 4. The van der Waals surface area contributed by atoms with Gasteiger partial charge in [-0.15, -0.1) is 5.11 Å². The zero-order valence-corrected chi connectivity index (χ0v) is 16.6. The molecule has 0 spiro atoms. The summed E-state index contributed by atoms with van der Waals surface area (Å²) in [5.41, 5.74) is 2.76. The number of carbonyl (C=O) groups excluding carboxylic acids is 1. The van der Waals surface area contributed by atoms with Gasteiger partial charge < -0.3 is 9.88 Å². The number of hydrogen-bond acceptors (Lipinski definition) is 4. The first kappa shape index (κ1) is 18.9. The Hall–Kier alpha value is -3.42. The second kappa shape index (κ2) is 7.90. The summed E-state index contributed by atoms with van der Waals surface area (Å²) in [5.74, 6) is -0.0528. The first-order valence-corrected chi connectivity index (χ1v) is 9.71. The molecule has 1 aliphatic rings. The van der Waals surface area contributed by atoms with Crippen molar-refractivity contribution in [3.8, 4) is 0 Å². The molecule has 8 heteroatoms. The number of piperidine rings is 1. The lowest BCUT2D eigenvalue weighted by molar-refractivity contribution is 0.0695. The highest BCUT2D eigenvalue weighted by molar-refractivity contribution is 5.98. The minimum atomic E-state index is -0.0922. The molecule has 0 unspecified atom stereocenters. The average molecular weight is 392 g/mol. The van der Waals surface area contributed by atoms with Crippen LogP contribution < -0.4 is 5.69 Å². The van der Waals surface area contributed by atoms with Crippen molar-refractivity contribution in [1.29, 1.82) is 0 Å². The zero-order chi connectivity index (χ0) is 20.4. The Morgan fingerprint density at radius 2 is 1.76 bits per heavy atom. The fraction of sp³-hybridized carbons (Fsp3) is 0.333. The van der Waals surface area contributed by atoms with E-state index < -0.39 is 0 Å². The quantitative estimate of drug-likeness (QED) is 0.546. The molecular weight excluding hydrogens is 368 g/mol. The molecule has 0 aliphatic carbocycles. The van der Waals surface area contributed by atoms with E-state index in [-0.39, 0.29) is 17.6 Å². The van der Waals surface area contributed by atoms with E-state index in [0.29, 0.717) is 24.3 Å². The van der Waals surface area contributed by atoms with Crippen molar-refractivity contribution < 1.29 is 4.79 Å². The van der Waals surface area contributed by atoms with Crippen LogP contribution in [-0.2, 0) is 0 Å². The Morgan fingerprint density at radius 1 is 1.07 bits per heavy atom. The summed E-state index contributed by atoms with van der Waals surface area (Å²) in [6.45, 7) is 1.18. The standard InChI is InChI=1S/C21H24N6O2/c1-25(2)24-23-17-8-4-3-7-16(17)20(28)26-13-11-15(12-14-26)27-19-10-6-5-9-18(19)22-21(27)29/h3-10,15H,11-14H2,1-2H3,(H,22,29). The second-order valence-corrected chi connectivity index (χ2v) is 7.39. The molecule has 29 heavy (non-hydrogen) atoms. The highest BCUT2D eigenvalue weighted by Crippen LogP contribution is 2.27. The molecular formula is C21H24N6O2. The fourth-order valence-electron chi connectivity index (χ4n) is 3.81. The first-order chi connectivity index (χ1) is 14.0. The highest BCUT2D eigenvalue weighted by Gasteiger charge is 2.27. The molecule has 0 bridgehead atoms. The number of carbonyl (C=O) groups is 1. The lowest BCUT2D eigenvalue weighted by Gasteiger charge is -2.32. The van der Waals surface area contributed by atoms with Gasteiger partial charge in [0.05, 0.1) is 16.6 Å². The van der Waals surface area contributed by atoms with E-state index in [1.807, 2.05) is 45.9 Å². The smallest absolute Gasteiger partial charge is 0.326 e. The van der Waals surface area contributed by atoms with Crippen molar-refractivity contribution in [3.63, 3.8) is 0 Å². The average Bonchev–Trinajstić information content (AvgIpc) is 3.07. The third kappa shape index (κ3) is 3.78. The summed E-state index contributed by atoms with van der Waals surface area (Å²) in [5, 5.41) is 9.78. The van der Waals surface area contributed by atoms with Crippen LogP contribution in [0.15, 0.2) is 63.7 Å². The maximum absolute atomic E-state index is 13.1. The minimum Gasteiger partial charge on any atom is -0.338 e. The number of likely N-dealkylation sites (tertiary alicyclic amines) is 1. The van der Waals surface area contributed by atoms with Crippen LogP contribution in [0, 0.1) is 0 Å². The Morgan fingerprint density at radius 3 is 2.52 bits per heavy atom. The van der Waals surface area contributed by atoms with Crippen LogP contribution in [0.5, 0.6) is 0 Å². The van der Waals surface area contributed by atoms with Crippen LogP contribution >= 0.6 is 0 Å². The lowest BCUT2D eigenvalue weighted by atomic mass is 10.0. The van der Waals surface area contributed by atoms with Crippen LogP contribution in [0.2, 0.25) is 0 Å². The van der Waals surface area contributed by atoms with Gasteiger partial charge in [0, 0.05) is 33.2 Å². The van der Waals surface area contributed by atoms with Gasteiger partial charge in [0.15, 0.2) is 0 Å². The summed E-state index contributed by atoms with van der Waals surface area (Å²) in [6, 6.07) is 15.0.